The number of thioether (sulfide) groups is 1. The molecule has 1 heterocycles. The Balaban J connectivity index is 1.84. The number of carbonyl (C=O) groups is 1. The van der Waals surface area contributed by atoms with Gasteiger partial charge in [-0.3, -0.25) is 9.59 Å². The first-order chi connectivity index (χ1) is 15.0. The van der Waals surface area contributed by atoms with Gasteiger partial charge in [-0.15, -0.1) is 0 Å². The molecule has 31 heavy (non-hydrogen) atoms. The van der Waals surface area contributed by atoms with E-state index < -0.39 is 11.7 Å². The molecule has 4 rings (SSSR count). The molecule has 9 heteroatoms. The number of aromatic nitrogens is 2. The Morgan fingerprint density at radius 3 is 2.35 bits per heavy atom. The third-order valence-corrected chi connectivity index (χ3v) is 5.72. The number of nitrogens with one attached hydrogen (secondary N) is 1. The number of hydrogen-bond donors (Lipinski definition) is 1. The Bertz CT molecular complexity index is 1330. The first-order valence-corrected chi connectivity index (χ1v) is 10.3. The van der Waals surface area contributed by atoms with E-state index in [2.05, 4.69) is 10.4 Å². The van der Waals surface area contributed by atoms with Gasteiger partial charge in [0.1, 0.15) is 0 Å². The molecular formula is C22H14ClF2N3O2S. The number of benzene rings is 3. The van der Waals surface area contributed by atoms with Crippen molar-refractivity contribution in [1.82, 2.24) is 9.78 Å². The zero-order chi connectivity index (χ0) is 22.0. The summed E-state index contributed by atoms with van der Waals surface area (Å²) in [5.74, 6) is -3.37. The van der Waals surface area contributed by atoms with Crippen molar-refractivity contribution in [2.24, 2.45) is 0 Å². The van der Waals surface area contributed by atoms with Gasteiger partial charge in [0.25, 0.3) is 17.2 Å². The van der Waals surface area contributed by atoms with E-state index in [0.29, 0.717) is 16.5 Å². The molecular weight excluding hydrogens is 444 g/mol. The summed E-state index contributed by atoms with van der Waals surface area (Å²) in [7, 11) is 0. The van der Waals surface area contributed by atoms with Crippen molar-refractivity contribution >= 4 is 45.7 Å². The lowest BCUT2D eigenvalue weighted by atomic mass is 10.1. The second kappa shape index (κ2) is 8.87. The molecule has 0 aliphatic heterocycles. The maximum atomic E-state index is 13.1. The fourth-order valence-corrected chi connectivity index (χ4v) is 4.01. The molecule has 5 nitrogen and oxygen atoms in total. The van der Waals surface area contributed by atoms with Gasteiger partial charge >= 0.3 is 0 Å². The summed E-state index contributed by atoms with van der Waals surface area (Å²) in [4.78, 5) is 26.1. The minimum Gasteiger partial charge on any atom is -0.319 e. The van der Waals surface area contributed by atoms with Crippen LogP contribution in [0.4, 0.5) is 14.5 Å². The molecule has 0 unspecified atom stereocenters. The first-order valence-electron chi connectivity index (χ1n) is 9.08. The lowest BCUT2D eigenvalue weighted by Crippen LogP contribution is -2.26. The maximum Gasteiger partial charge on any atom is 0.289 e. The van der Waals surface area contributed by atoms with Gasteiger partial charge in [-0.25, -0.2) is 0 Å². The van der Waals surface area contributed by atoms with E-state index in [0.717, 1.165) is 4.68 Å². The molecule has 1 amide bonds. The molecule has 156 valence electrons. The Hall–Kier alpha value is -3.23. The average Bonchev–Trinajstić information content (AvgIpc) is 2.77. The smallest absolute Gasteiger partial charge is 0.289 e. The van der Waals surface area contributed by atoms with Crippen LogP contribution in [0.5, 0.6) is 0 Å². The van der Waals surface area contributed by atoms with Crippen molar-refractivity contribution < 1.29 is 13.6 Å². The molecule has 0 atom stereocenters. The Morgan fingerprint density at radius 1 is 0.968 bits per heavy atom. The van der Waals surface area contributed by atoms with Crippen LogP contribution >= 0.6 is 23.4 Å². The largest absolute Gasteiger partial charge is 0.319 e. The summed E-state index contributed by atoms with van der Waals surface area (Å²) >= 11 is 6.30. The molecule has 0 radical (unpaired) electrons. The fraction of sp³-hybridized carbons (Fsp3) is 0.0455. The van der Waals surface area contributed by atoms with E-state index in [1.165, 1.54) is 12.1 Å². The van der Waals surface area contributed by atoms with Gasteiger partial charge in [-0.1, -0.05) is 65.8 Å². The van der Waals surface area contributed by atoms with Gasteiger partial charge in [0.2, 0.25) is 0 Å². The van der Waals surface area contributed by atoms with Crippen molar-refractivity contribution in [2.75, 3.05) is 5.32 Å². The monoisotopic (exact) mass is 457 g/mol. The van der Waals surface area contributed by atoms with Crippen molar-refractivity contribution in [3.8, 4) is 5.69 Å². The summed E-state index contributed by atoms with van der Waals surface area (Å²) in [6.45, 7) is 0. The number of fused-ring (bicyclic) bond motifs is 1. The molecule has 0 aliphatic rings. The predicted molar refractivity (Wildman–Crippen MR) is 119 cm³/mol. The van der Waals surface area contributed by atoms with Crippen molar-refractivity contribution in [3.63, 3.8) is 0 Å². The quantitative estimate of drug-likeness (QED) is 0.396. The molecule has 0 saturated heterocycles. The summed E-state index contributed by atoms with van der Waals surface area (Å²) in [6, 6.07) is 19.8. The molecule has 0 bridgehead atoms. The molecule has 0 fully saturated rings. The van der Waals surface area contributed by atoms with Crippen LogP contribution in [-0.2, 0) is 0 Å². The van der Waals surface area contributed by atoms with Crippen LogP contribution in [0.15, 0.2) is 82.5 Å². The highest BCUT2D eigenvalue weighted by molar-refractivity contribution is 7.99. The van der Waals surface area contributed by atoms with Gasteiger partial charge in [0, 0.05) is 5.39 Å². The van der Waals surface area contributed by atoms with Crippen LogP contribution < -0.4 is 10.9 Å². The van der Waals surface area contributed by atoms with Crippen molar-refractivity contribution in [2.45, 2.75) is 10.7 Å². The highest BCUT2D eigenvalue weighted by atomic mass is 35.5. The second-order valence-corrected chi connectivity index (χ2v) is 7.80. The number of amides is 1. The highest BCUT2D eigenvalue weighted by Crippen LogP contribution is 2.37. The van der Waals surface area contributed by atoms with Crippen LogP contribution in [0.3, 0.4) is 0 Å². The van der Waals surface area contributed by atoms with E-state index in [9.17, 15) is 18.4 Å². The zero-order valence-electron chi connectivity index (χ0n) is 15.8. The summed E-state index contributed by atoms with van der Waals surface area (Å²) < 4.78 is 27.1. The Morgan fingerprint density at radius 2 is 1.65 bits per heavy atom. The van der Waals surface area contributed by atoms with Crippen molar-refractivity contribution in [1.29, 1.82) is 0 Å². The number of nitrogens with zero attached hydrogens (tertiary/aromatic N) is 2. The average molecular weight is 458 g/mol. The molecule has 1 N–H and O–H groups in total. The van der Waals surface area contributed by atoms with Crippen LogP contribution in [0.25, 0.3) is 16.5 Å². The van der Waals surface area contributed by atoms with Gasteiger partial charge in [0.15, 0.2) is 5.69 Å². The van der Waals surface area contributed by atoms with Crippen LogP contribution in [-0.4, -0.2) is 21.4 Å². The molecule has 1 aromatic heterocycles. The van der Waals surface area contributed by atoms with Gasteiger partial charge < -0.3 is 5.32 Å². The van der Waals surface area contributed by atoms with E-state index in [1.54, 1.807) is 60.7 Å². The van der Waals surface area contributed by atoms with E-state index in [4.69, 9.17) is 11.6 Å². The molecule has 4 aromatic rings. The number of carbonyl (C=O) groups excluding carboxylic acids is 1. The third kappa shape index (κ3) is 4.30. The number of anilines is 1. The predicted octanol–water partition coefficient (Wildman–Crippen LogP) is 5.61. The minimum atomic E-state index is -2.71. The highest BCUT2D eigenvalue weighted by Gasteiger charge is 2.20. The topological polar surface area (TPSA) is 64.0 Å². The van der Waals surface area contributed by atoms with E-state index >= 15 is 0 Å². The molecule has 0 spiro atoms. The minimum absolute atomic E-state index is 0.0213. The summed E-state index contributed by atoms with van der Waals surface area (Å²) in [5.41, 5.74) is 0.220. The van der Waals surface area contributed by atoms with Gasteiger partial charge in [-0.2, -0.15) is 18.6 Å². The van der Waals surface area contributed by atoms with Crippen LogP contribution in [0, 0.1) is 0 Å². The van der Waals surface area contributed by atoms with Crippen LogP contribution in [0.2, 0.25) is 5.02 Å². The standard InChI is InChI=1S/C22H14ClF2N3O2S/c23-16-11-6-12-17(19(16)31-22(24)25)26-20(29)18-14-9-4-5-10-15(14)21(30)28(27-18)13-7-2-1-3-8-13/h1-12,22H,(H,26,29). The number of halogens is 3. The van der Waals surface area contributed by atoms with E-state index in [1.807, 2.05) is 0 Å². The number of rotatable bonds is 5. The SMILES string of the molecule is O=C(Nc1cccc(Cl)c1SC(F)F)c1nn(-c2ccccc2)c(=O)c2ccccc12. The maximum absolute atomic E-state index is 13.1. The Labute approximate surface area is 184 Å². The molecule has 0 aliphatic carbocycles. The van der Waals surface area contributed by atoms with E-state index in [-0.39, 0.29) is 38.6 Å². The number of para-hydroxylation sites is 1. The number of alkyl halides is 2. The number of hydrogen-bond acceptors (Lipinski definition) is 4. The van der Waals surface area contributed by atoms with Gasteiger partial charge in [-0.05, 0) is 30.3 Å². The summed E-state index contributed by atoms with van der Waals surface area (Å²) in [5, 5.41) is 7.64. The lowest BCUT2D eigenvalue weighted by molar-refractivity contribution is 0.102. The fourth-order valence-electron chi connectivity index (χ4n) is 3.10. The Kier molecular flexibility index (Phi) is 6.01. The van der Waals surface area contributed by atoms with Crippen molar-refractivity contribution in [3.05, 3.63) is 93.9 Å². The third-order valence-electron chi connectivity index (χ3n) is 4.44. The first kappa shape index (κ1) is 21.0. The molecule has 3 aromatic carbocycles. The lowest BCUT2D eigenvalue weighted by Gasteiger charge is -2.14. The normalized spacial score (nSPS) is 11.1. The van der Waals surface area contributed by atoms with Crippen LogP contribution in [0.1, 0.15) is 10.5 Å². The molecule has 0 saturated carbocycles. The zero-order valence-corrected chi connectivity index (χ0v) is 17.3. The van der Waals surface area contributed by atoms with Gasteiger partial charge in [0.05, 0.1) is 26.7 Å². The second-order valence-electron chi connectivity index (χ2n) is 6.40. The summed E-state index contributed by atoms with van der Waals surface area (Å²) in [6.07, 6.45) is 0.